The lowest BCUT2D eigenvalue weighted by Crippen LogP contribution is -2.37. The summed E-state index contributed by atoms with van der Waals surface area (Å²) in [5.41, 5.74) is 4.26. The van der Waals surface area contributed by atoms with E-state index in [9.17, 15) is 14.7 Å². The maximum absolute atomic E-state index is 11.3. The van der Waals surface area contributed by atoms with E-state index in [0.717, 1.165) is 41.7 Å². The summed E-state index contributed by atoms with van der Waals surface area (Å²) >= 11 is 6.01. The number of rotatable bonds is 7. The minimum Gasteiger partial charge on any atom is -0.481 e. The minimum atomic E-state index is -1.02. The first-order valence-corrected chi connectivity index (χ1v) is 12.8. The Morgan fingerprint density at radius 2 is 1.92 bits per heavy atom. The van der Waals surface area contributed by atoms with Crippen molar-refractivity contribution < 1.29 is 24.5 Å². The zero-order valence-electron chi connectivity index (χ0n) is 21.3. The number of ether oxygens (including phenoxy) is 1. The number of nitrogens with one attached hydrogen (secondary N) is 2. The topological polar surface area (TPSA) is 125 Å². The molecule has 0 bridgehead atoms. The second kappa shape index (κ2) is 11.7. The lowest BCUT2D eigenvalue weighted by Gasteiger charge is -2.36. The van der Waals surface area contributed by atoms with Crippen molar-refractivity contribution >= 4 is 45.9 Å². The predicted octanol–water partition coefficient (Wildman–Crippen LogP) is 6.70. The smallest absolute Gasteiger partial charge is 0.339 e. The molecular weight excluding hydrogens is 506 g/mol. The first-order chi connectivity index (χ1) is 18.3. The Morgan fingerprint density at radius 3 is 2.66 bits per heavy atom. The van der Waals surface area contributed by atoms with Gasteiger partial charge in [-0.15, -0.1) is 0 Å². The number of aliphatic carboxylic acids is 1. The van der Waals surface area contributed by atoms with Crippen molar-refractivity contribution in [2.75, 3.05) is 11.9 Å². The number of H-pyrrole nitrogens is 1. The van der Waals surface area contributed by atoms with Gasteiger partial charge in [0.25, 0.3) is 0 Å². The van der Waals surface area contributed by atoms with Crippen LogP contribution in [0.5, 0.6) is 0 Å². The predicted molar refractivity (Wildman–Crippen MR) is 147 cm³/mol. The van der Waals surface area contributed by atoms with Crippen molar-refractivity contribution in [2.24, 2.45) is 0 Å². The zero-order valence-corrected chi connectivity index (χ0v) is 22.0. The number of pyridine rings is 1. The number of aromatic amines is 1. The number of hydrogen-bond donors (Lipinski definition) is 4. The van der Waals surface area contributed by atoms with E-state index >= 15 is 0 Å². The van der Waals surface area contributed by atoms with Crippen LogP contribution in [0.1, 0.15) is 53.4 Å². The number of hydrogen-bond acceptors (Lipinski definition) is 5. The molecule has 4 aromatic rings. The molecule has 3 heterocycles. The van der Waals surface area contributed by atoms with Crippen LogP contribution >= 0.6 is 11.6 Å². The quantitative estimate of drug-likeness (QED) is 0.207. The molecule has 1 unspecified atom stereocenters. The highest BCUT2D eigenvalue weighted by atomic mass is 35.5. The van der Waals surface area contributed by atoms with E-state index in [1.807, 2.05) is 31.2 Å². The molecule has 1 atom stereocenters. The summed E-state index contributed by atoms with van der Waals surface area (Å²) in [6.07, 6.45) is 4.00. The van der Waals surface area contributed by atoms with Gasteiger partial charge in [0, 0.05) is 27.8 Å². The first-order valence-electron chi connectivity index (χ1n) is 12.4. The molecule has 0 amide bonds. The lowest BCUT2D eigenvalue weighted by molar-refractivity contribution is -0.149. The number of halogens is 1. The molecule has 8 nitrogen and oxygen atoms in total. The van der Waals surface area contributed by atoms with Gasteiger partial charge in [-0.3, -0.25) is 4.79 Å². The average Bonchev–Trinajstić information content (AvgIpc) is 3.28. The van der Waals surface area contributed by atoms with E-state index in [0.29, 0.717) is 17.4 Å². The van der Waals surface area contributed by atoms with E-state index < -0.39 is 17.5 Å². The number of benzene rings is 2. The fraction of sp³-hybridized carbons (Fsp3) is 0.276. The largest absolute Gasteiger partial charge is 0.481 e. The Kier molecular flexibility index (Phi) is 8.34. The Bertz CT molecular complexity index is 1470. The molecule has 2 aromatic carbocycles. The highest BCUT2D eigenvalue weighted by Crippen LogP contribution is 2.42. The maximum Gasteiger partial charge on any atom is 0.339 e. The molecule has 198 valence electrons. The summed E-state index contributed by atoms with van der Waals surface area (Å²) in [5, 5.41) is 23.1. The summed E-state index contributed by atoms with van der Waals surface area (Å²) in [5.74, 6) is -1.54. The highest BCUT2D eigenvalue weighted by molar-refractivity contribution is 6.31. The number of fused-ring (bicyclic) bond motifs is 3. The van der Waals surface area contributed by atoms with Gasteiger partial charge in [0.15, 0.2) is 0 Å². The van der Waals surface area contributed by atoms with Crippen molar-refractivity contribution in [3.63, 3.8) is 0 Å². The summed E-state index contributed by atoms with van der Waals surface area (Å²) < 4.78 is 5.96. The van der Waals surface area contributed by atoms with E-state index in [4.69, 9.17) is 21.4 Å². The van der Waals surface area contributed by atoms with Crippen molar-refractivity contribution in [3.8, 4) is 0 Å². The van der Waals surface area contributed by atoms with Gasteiger partial charge >= 0.3 is 11.9 Å². The Morgan fingerprint density at radius 1 is 1.13 bits per heavy atom. The van der Waals surface area contributed by atoms with Gasteiger partial charge in [0.2, 0.25) is 0 Å². The standard InChI is InChI=1S/C16H19NO3.C13H11ClN2O2/c1-2-8-16(10-14(18)19)15-12(7-9-20-16)11-5-3-4-6-13(11)17-15;1-8-10(14)5-2-6-11(8)16-12-9(13(17)18)4-3-7-15-12/h3-6,17H,2,7-10H2,1H3,(H,18,19);2-7H,1H3,(H,15,16)(H,17,18). The molecule has 5 rings (SSSR count). The van der Waals surface area contributed by atoms with Gasteiger partial charge in [-0.25, -0.2) is 9.78 Å². The number of carboxylic acid groups (broad SMARTS) is 2. The third-order valence-electron chi connectivity index (χ3n) is 6.65. The molecule has 0 saturated carbocycles. The summed E-state index contributed by atoms with van der Waals surface area (Å²) in [6.45, 7) is 4.50. The Hall–Kier alpha value is -3.88. The lowest BCUT2D eigenvalue weighted by atomic mass is 9.85. The fourth-order valence-electron chi connectivity index (χ4n) is 4.89. The van der Waals surface area contributed by atoms with Gasteiger partial charge in [-0.05, 0) is 61.2 Å². The Labute approximate surface area is 225 Å². The molecule has 1 aliphatic heterocycles. The minimum absolute atomic E-state index is 0.0145. The second-order valence-electron chi connectivity index (χ2n) is 9.18. The second-order valence-corrected chi connectivity index (χ2v) is 9.59. The molecular formula is C29H30ClN3O5. The summed E-state index contributed by atoms with van der Waals surface area (Å²) in [6, 6.07) is 16.6. The first kappa shape index (κ1) is 27.2. The van der Waals surface area contributed by atoms with E-state index in [-0.39, 0.29) is 12.0 Å². The number of nitrogens with zero attached hydrogens (tertiary/aromatic N) is 1. The van der Waals surface area contributed by atoms with Crippen molar-refractivity contribution in [3.05, 3.63) is 88.2 Å². The van der Waals surface area contributed by atoms with Gasteiger partial charge in [-0.2, -0.15) is 0 Å². The number of para-hydroxylation sites is 1. The van der Waals surface area contributed by atoms with E-state index in [1.165, 1.54) is 23.2 Å². The SMILES string of the molecule is CCCC1(CC(=O)O)OCCc2c1[nH]c1ccccc21.Cc1c(Cl)cccc1Nc1ncccc1C(=O)O. The van der Waals surface area contributed by atoms with Crippen LogP contribution < -0.4 is 5.32 Å². The molecule has 0 spiro atoms. The third-order valence-corrected chi connectivity index (χ3v) is 7.06. The van der Waals surface area contributed by atoms with Gasteiger partial charge in [0.05, 0.1) is 18.7 Å². The molecule has 4 N–H and O–H groups in total. The van der Waals surface area contributed by atoms with Crippen LogP contribution in [0.15, 0.2) is 60.8 Å². The molecule has 0 aliphatic carbocycles. The van der Waals surface area contributed by atoms with Gasteiger partial charge in [-0.1, -0.05) is 49.2 Å². The normalized spacial score (nSPS) is 16.3. The van der Waals surface area contributed by atoms with Crippen molar-refractivity contribution in [2.45, 2.75) is 45.1 Å². The number of carbonyl (C=O) groups is 2. The van der Waals surface area contributed by atoms with Crippen LogP contribution in [0.3, 0.4) is 0 Å². The van der Waals surface area contributed by atoms with Crippen LogP contribution in [-0.4, -0.2) is 38.7 Å². The van der Waals surface area contributed by atoms with Crippen LogP contribution in [0.25, 0.3) is 10.9 Å². The number of aromatic nitrogens is 2. The van der Waals surface area contributed by atoms with Crippen LogP contribution in [-0.2, 0) is 21.6 Å². The van der Waals surface area contributed by atoms with Crippen LogP contribution in [0, 0.1) is 6.92 Å². The van der Waals surface area contributed by atoms with Crippen molar-refractivity contribution in [1.82, 2.24) is 9.97 Å². The highest BCUT2D eigenvalue weighted by Gasteiger charge is 2.41. The summed E-state index contributed by atoms with van der Waals surface area (Å²) in [7, 11) is 0. The number of aromatic carboxylic acids is 1. The van der Waals surface area contributed by atoms with Crippen molar-refractivity contribution in [1.29, 1.82) is 0 Å². The molecule has 1 aliphatic rings. The monoisotopic (exact) mass is 535 g/mol. The molecule has 0 radical (unpaired) electrons. The number of anilines is 2. The molecule has 0 fully saturated rings. The van der Waals surface area contributed by atoms with E-state index in [1.54, 1.807) is 18.2 Å². The fourth-order valence-corrected chi connectivity index (χ4v) is 5.06. The average molecular weight is 536 g/mol. The summed E-state index contributed by atoms with van der Waals surface area (Å²) in [4.78, 5) is 29.8. The molecule has 9 heteroatoms. The molecule has 38 heavy (non-hydrogen) atoms. The maximum atomic E-state index is 11.3. The zero-order chi connectivity index (χ0) is 27.3. The van der Waals surface area contributed by atoms with Crippen LogP contribution in [0.4, 0.5) is 11.5 Å². The van der Waals surface area contributed by atoms with Gasteiger partial charge in [0.1, 0.15) is 17.0 Å². The molecule has 0 saturated heterocycles. The van der Waals surface area contributed by atoms with E-state index in [2.05, 4.69) is 28.3 Å². The van der Waals surface area contributed by atoms with Crippen LogP contribution in [0.2, 0.25) is 5.02 Å². The van der Waals surface area contributed by atoms with Gasteiger partial charge < -0.3 is 25.3 Å². The molecule has 2 aromatic heterocycles. The third kappa shape index (κ3) is 5.66. The number of carboxylic acids is 2. The Balaban J connectivity index is 0.000000178.